The molecule has 11 heavy (non-hydrogen) atoms. The van der Waals surface area contributed by atoms with Crippen LogP contribution in [0.3, 0.4) is 0 Å². The van der Waals surface area contributed by atoms with E-state index in [9.17, 15) is 0 Å². The van der Waals surface area contributed by atoms with Crippen molar-refractivity contribution in [2.24, 2.45) is 0 Å². The number of aromatic amines is 2. The van der Waals surface area contributed by atoms with E-state index in [1.165, 1.54) is 12.7 Å². The van der Waals surface area contributed by atoms with E-state index >= 15 is 0 Å². The van der Waals surface area contributed by atoms with Gasteiger partial charge in [0.15, 0.2) is 12.7 Å². The van der Waals surface area contributed by atoms with Crippen LogP contribution in [-0.4, -0.2) is 41.2 Å². The predicted molar refractivity (Wildman–Crippen MR) is 28.4 cm³/mol. The number of aromatic nitrogens is 8. The molecule has 9 heteroatoms. The molecule has 0 bridgehead atoms. The van der Waals surface area contributed by atoms with Crippen molar-refractivity contribution in [3.8, 4) is 0 Å². The van der Waals surface area contributed by atoms with Gasteiger partial charge in [0.25, 0.3) is 0 Å². The van der Waals surface area contributed by atoms with Gasteiger partial charge >= 0.3 is 0 Å². The maximum Gasteiger partial charge on any atom is 0.161 e. The maximum absolute atomic E-state index is 3.38. The maximum atomic E-state index is 3.38. The number of rotatable bonds is 0. The molecule has 2 N–H and O–H groups in total. The Kier molecular flexibility index (Phi) is 6.58. The molecule has 0 saturated carbocycles. The first-order chi connectivity index (χ1) is 5.00. The molecular weight excluding hydrogens is 337 g/mol. The van der Waals surface area contributed by atoms with Crippen molar-refractivity contribution in [3.63, 3.8) is 0 Å². The average molecular weight is 341 g/mol. The summed E-state index contributed by atoms with van der Waals surface area (Å²) >= 11 is 0. The fourth-order valence-electron chi connectivity index (χ4n) is 0.258. The van der Waals surface area contributed by atoms with Gasteiger partial charge in [0.1, 0.15) is 0 Å². The standard InChI is InChI=1S/2CH2N4.Hg/c2*1-2-4-5-3-1;/h2*1H,(H,2,3,4,5);. The Hall–Kier alpha value is -0.925. The van der Waals surface area contributed by atoms with Crippen LogP contribution in [0, 0.1) is 0 Å². The summed E-state index contributed by atoms with van der Waals surface area (Å²) in [4.78, 5) is 0. The summed E-state index contributed by atoms with van der Waals surface area (Å²) in [7, 11) is 0. The second-order valence-electron chi connectivity index (χ2n) is 1.12. The molecule has 0 aliphatic carbocycles. The van der Waals surface area contributed by atoms with Crippen molar-refractivity contribution in [2.75, 3.05) is 0 Å². The van der Waals surface area contributed by atoms with Gasteiger partial charge < -0.3 is 0 Å². The topological polar surface area (TPSA) is 109 Å². The smallest absolute Gasteiger partial charge is 0.161 e. The summed E-state index contributed by atoms with van der Waals surface area (Å²) in [6.07, 6.45) is 2.67. The molecule has 0 aromatic carbocycles. The normalized spacial score (nSPS) is 7.27. The molecule has 0 radical (unpaired) electrons. The molecule has 0 fully saturated rings. The van der Waals surface area contributed by atoms with Gasteiger partial charge in [-0.15, -0.1) is 20.4 Å². The van der Waals surface area contributed by atoms with Crippen molar-refractivity contribution in [1.29, 1.82) is 0 Å². The van der Waals surface area contributed by atoms with Gasteiger partial charge in [0, 0.05) is 27.7 Å². The molecule has 0 aliphatic rings. The van der Waals surface area contributed by atoms with E-state index in [1.807, 2.05) is 0 Å². The fourth-order valence-corrected chi connectivity index (χ4v) is 0.258. The first-order valence-electron chi connectivity index (χ1n) is 2.33. The Morgan fingerprint density at radius 1 is 0.818 bits per heavy atom. The number of H-pyrrole nitrogens is 2. The van der Waals surface area contributed by atoms with Gasteiger partial charge in [-0.1, -0.05) is 10.4 Å². The van der Waals surface area contributed by atoms with Gasteiger partial charge in [-0.3, -0.25) is 0 Å². The quantitative estimate of drug-likeness (QED) is 0.559. The predicted octanol–water partition coefficient (Wildman–Crippen LogP) is -1.60. The minimum absolute atomic E-state index is 0. The molecule has 0 saturated heterocycles. The van der Waals surface area contributed by atoms with Crippen LogP contribution in [0.5, 0.6) is 0 Å². The zero-order chi connectivity index (χ0) is 7.07. The molecule has 2 aromatic rings. The van der Waals surface area contributed by atoms with Crippen molar-refractivity contribution in [3.05, 3.63) is 12.7 Å². The summed E-state index contributed by atoms with van der Waals surface area (Å²) < 4.78 is 0. The average Bonchev–Trinajstić information content (AvgIpc) is 2.67. The van der Waals surface area contributed by atoms with Gasteiger partial charge in [-0.05, 0) is 0 Å². The molecule has 2 heterocycles. The van der Waals surface area contributed by atoms with E-state index in [0.717, 1.165) is 0 Å². The molecule has 2 aromatic heterocycles. The first kappa shape index (κ1) is 10.1. The van der Waals surface area contributed by atoms with Crippen LogP contribution in [-0.2, 0) is 27.7 Å². The van der Waals surface area contributed by atoms with E-state index in [1.54, 1.807) is 0 Å². The van der Waals surface area contributed by atoms with E-state index in [2.05, 4.69) is 41.2 Å². The summed E-state index contributed by atoms with van der Waals surface area (Å²) in [6, 6.07) is 0. The van der Waals surface area contributed by atoms with E-state index < -0.39 is 0 Å². The number of hydrogen-bond acceptors (Lipinski definition) is 6. The number of hydrogen-bond donors (Lipinski definition) is 2. The molecule has 54 valence electrons. The minimum Gasteiger partial charge on any atom is -0.177 e. The third-order valence-electron chi connectivity index (χ3n) is 0.539. The summed E-state index contributed by atoms with van der Waals surface area (Å²) in [6.45, 7) is 0. The van der Waals surface area contributed by atoms with Gasteiger partial charge in [0.2, 0.25) is 0 Å². The zero-order valence-corrected chi connectivity index (χ0v) is 11.0. The third-order valence-corrected chi connectivity index (χ3v) is 0.539. The Morgan fingerprint density at radius 3 is 1.36 bits per heavy atom. The van der Waals surface area contributed by atoms with Crippen LogP contribution in [0.2, 0.25) is 0 Å². The van der Waals surface area contributed by atoms with Crippen molar-refractivity contribution < 1.29 is 27.7 Å². The fraction of sp³-hybridized carbons (Fsp3) is 0. The van der Waals surface area contributed by atoms with Crippen LogP contribution in [0.4, 0.5) is 0 Å². The van der Waals surface area contributed by atoms with Crippen molar-refractivity contribution in [2.45, 2.75) is 0 Å². The first-order valence-corrected chi connectivity index (χ1v) is 2.33. The monoisotopic (exact) mass is 342 g/mol. The minimum atomic E-state index is 0. The summed E-state index contributed by atoms with van der Waals surface area (Å²) in [5.41, 5.74) is 0. The molecule has 0 unspecified atom stereocenters. The second-order valence-corrected chi connectivity index (χ2v) is 1.12. The second kappa shape index (κ2) is 7.19. The van der Waals surface area contributed by atoms with E-state index in [-0.39, 0.29) is 27.7 Å². The summed E-state index contributed by atoms with van der Waals surface area (Å²) in [5, 5.41) is 24.3. The largest absolute Gasteiger partial charge is 0.177 e. The van der Waals surface area contributed by atoms with Crippen LogP contribution < -0.4 is 0 Å². The Balaban J connectivity index is 0.000000167. The van der Waals surface area contributed by atoms with Gasteiger partial charge in [-0.2, -0.15) is 10.4 Å². The van der Waals surface area contributed by atoms with E-state index in [0.29, 0.717) is 0 Å². The van der Waals surface area contributed by atoms with E-state index in [4.69, 9.17) is 0 Å². The molecule has 0 spiro atoms. The van der Waals surface area contributed by atoms with Crippen LogP contribution in [0.25, 0.3) is 0 Å². The number of tetrazole rings is 2. The van der Waals surface area contributed by atoms with Crippen molar-refractivity contribution in [1.82, 2.24) is 41.2 Å². The summed E-state index contributed by atoms with van der Waals surface area (Å²) in [5.74, 6) is 0. The van der Waals surface area contributed by atoms with Crippen LogP contribution >= 0.6 is 0 Å². The van der Waals surface area contributed by atoms with Crippen LogP contribution in [0.15, 0.2) is 12.7 Å². The SMILES string of the molecule is [Hg].c1nn[nH]n1.c1nn[nH]n1. The Bertz CT molecular complexity index is 151. The Labute approximate surface area is 81.7 Å². The Morgan fingerprint density at radius 2 is 1.27 bits per heavy atom. The molecule has 0 amide bonds. The third kappa shape index (κ3) is 5.52. The van der Waals surface area contributed by atoms with Gasteiger partial charge in [-0.25, -0.2) is 0 Å². The molecule has 8 nitrogen and oxygen atoms in total. The van der Waals surface area contributed by atoms with Gasteiger partial charge in [0.05, 0.1) is 0 Å². The number of nitrogens with one attached hydrogen (secondary N) is 2. The number of nitrogens with zero attached hydrogens (tertiary/aromatic N) is 6. The molecular formula is C2H4HgN8. The van der Waals surface area contributed by atoms with Crippen molar-refractivity contribution >= 4 is 0 Å². The van der Waals surface area contributed by atoms with Crippen LogP contribution in [0.1, 0.15) is 0 Å². The molecule has 0 atom stereocenters. The molecule has 2 rings (SSSR count). The zero-order valence-electron chi connectivity index (χ0n) is 5.55. The molecule has 0 aliphatic heterocycles.